The first-order valence-corrected chi connectivity index (χ1v) is 28.7. The molecule has 8 rings (SSSR count). The van der Waals surface area contributed by atoms with E-state index in [2.05, 4.69) is 136 Å². The number of aryl methyl sites for hydroxylation is 2. The van der Waals surface area contributed by atoms with Crippen molar-refractivity contribution in [3.63, 3.8) is 0 Å². The third-order valence-corrected chi connectivity index (χ3v) is 14.8. The maximum absolute atomic E-state index is 12.7. The molecule has 1 N–H and O–H groups in total. The Morgan fingerprint density at radius 2 is 1.01 bits per heavy atom. The molecule has 21 heteroatoms. The molecule has 4 aliphatic rings. The highest BCUT2D eigenvalue weighted by Crippen LogP contribution is 2.36. The Morgan fingerprint density at radius 3 is 1.38 bits per heavy atom. The van der Waals surface area contributed by atoms with Gasteiger partial charge in [0.1, 0.15) is 34.8 Å². The van der Waals surface area contributed by atoms with E-state index >= 15 is 0 Å². The van der Waals surface area contributed by atoms with Gasteiger partial charge in [-0.15, -0.1) is 0 Å². The minimum absolute atomic E-state index is 0.219. The molecule has 444 valence electrons. The van der Waals surface area contributed by atoms with Crippen LogP contribution in [-0.2, 0) is 41.5 Å². The molecule has 2 amide bonds. The largest absolute Gasteiger partial charge is 0.444 e. The van der Waals surface area contributed by atoms with Crippen molar-refractivity contribution < 1.29 is 38.2 Å². The number of ether oxygens (including phenoxy) is 2. The minimum Gasteiger partial charge on any atom is -0.444 e. The molecular formula is C60H89ClN12O8. The van der Waals surface area contributed by atoms with Gasteiger partial charge in [-0.2, -0.15) is 19.2 Å². The quantitative estimate of drug-likeness (QED) is 0.140. The fraction of sp³-hybridized carbons (Fsp3) is 0.600. The van der Waals surface area contributed by atoms with E-state index in [1.807, 2.05) is 51.3 Å². The van der Waals surface area contributed by atoms with Crippen molar-refractivity contribution in [3.05, 3.63) is 76.5 Å². The van der Waals surface area contributed by atoms with Crippen molar-refractivity contribution >= 4 is 53.3 Å². The van der Waals surface area contributed by atoms with Crippen LogP contribution in [0.5, 0.6) is 0 Å². The first kappa shape index (κ1) is 67.0. The molecule has 0 aliphatic carbocycles. The molecule has 2 aromatic heterocycles. The van der Waals surface area contributed by atoms with Gasteiger partial charge in [-0.1, -0.05) is 25.4 Å². The van der Waals surface area contributed by atoms with E-state index in [0.29, 0.717) is 24.8 Å². The zero-order valence-corrected chi connectivity index (χ0v) is 51.3. The molecule has 4 aromatic rings. The number of anilines is 3. The van der Waals surface area contributed by atoms with E-state index in [4.69, 9.17) is 40.3 Å². The van der Waals surface area contributed by atoms with Crippen molar-refractivity contribution in [2.75, 3.05) is 120 Å². The average Bonchev–Trinajstić information content (AvgIpc) is 4.15. The van der Waals surface area contributed by atoms with Gasteiger partial charge in [0, 0.05) is 138 Å². The zero-order valence-electron chi connectivity index (χ0n) is 50.6. The maximum Gasteiger partial charge on any atom is 0.410 e. The van der Waals surface area contributed by atoms with Crippen molar-refractivity contribution in [1.82, 2.24) is 44.9 Å². The van der Waals surface area contributed by atoms with Crippen molar-refractivity contribution in [3.8, 4) is 22.5 Å². The van der Waals surface area contributed by atoms with Crippen LogP contribution in [0.15, 0.2) is 49.1 Å². The lowest BCUT2D eigenvalue weighted by Gasteiger charge is -2.33. The van der Waals surface area contributed by atoms with Crippen LogP contribution >= 0.6 is 11.6 Å². The fourth-order valence-corrected chi connectivity index (χ4v) is 10.5. The molecule has 6 heterocycles. The third-order valence-electron chi connectivity index (χ3n) is 14.6. The van der Waals surface area contributed by atoms with E-state index in [0.717, 1.165) is 113 Å². The van der Waals surface area contributed by atoms with Gasteiger partial charge < -0.3 is 49.1 Å². The number of likely N-dealkylation sites (tertiary alicyclic amines) is 2. The smallest absolute Gasteiger partial charge is 0.410 e. The highest BCUT2D eigenvalue weighted by atomic mass is 35.5. The maximum atomic E-state index is 12.7. The number of likely N-dealkylation sites (N-methyl/N-ethyl adjacent to an activating group) is 4. The molecule has 4 saturated heterocycles. The summed E-state index contributed by atoms with van der Waals surface area (Å²) in [6.45, 7) is 37.8. The Balaban J connectivity index is 0.000000288. The normalized spacial score (nSPS) is 17.3. The van der Waals surface area contributed by atoms with Gasteiger partial charge in [-0.3, -0.25) is 0 Å². The first-order chi connectivity index (χ1) is 38.4. The summed E-state index contributed by atoms with van der Waals surface area (Å²) in [5, 5.41) is 3.71. The second-order valence-electron chi connectivity index (χ2n) is 22.6. The molecule has 81 heavy (non-hydrogen) atoms. The van der Waals surface area contributed by atoms with Gasteiger partial charge >= 0.3 is 24.5 Å². The number of aromatic nitrogens is 4. The number of hydrogen-bond donors (Lipinski definition) is 1. The van der Waals surface area contributed by atoms with Crippen molar-refractivity contribution in [1.29, 1.82) is 0 Å². The van der Waals surface area contributed by atoms with E-state index in [9.17, 15) is 9.59 Å². The molecule has 0 saturated carbocycles. The van der Waals surface area contributed by atoms with Crippen LogP contribution in [0.2, 0.25) is 5.15 Å². The summed E-state index contributed by atoms with van der Waals surface area (Å²) in [4.78, 5) is 91.0. The lowest BCUT2D eigenvalue weighted by molar-refractivity contribution is -0.193. The summed E-state index contributed by atoms with van der Waals surface area (Å²) in [7, 11) is 4.32. The van der Waals surface area contributed by atoms with Gasteiger partial charge in [0.05, 0.1) is 11.4 Å². The number of piperazine rings is 2. The number of halogens is 1. The molecule has 0 bridgehead atoms. The van der Waals surface area contributed by atoms with Gasteiger partial charge in [0.25, 0.3) is 0 Å². The summed E-state index contributed by atoms with van der Waals surface area (Å²) < 4.78 is 11.2. The Labute approximate surface area is 485 Å². The summed E-state index contributed by atoms with van der Waals surface area (Å²) in [6, 6.07) is 13.4. The topological polar surface area (TPSA) is 207 Å². The van der Waals surface area contributed by atoms with Gasteiger partial charge in [-0.25, -0.2) is 29.5 Å². The predicted octanol–water partition coefficient (Wildman–Crippen LogP) is 8.46. The van der Waals surface area contributed by atoms with Crippen LogP contribution in [0.4, 0.5) is 26.8 Å². The lowest BCUT2D eigenvalue weighted by atomic mass is 9.97. The van der Waals surface area contributed by atoms with Crippen LogP contribution in [0.1, 0.15) is 104 Å². The van der Waals surface area contributed by atoms with Crippen LogP contribution in [0.3, 0.4) is 0 Å². The highest BCUT2D eigenvalue weighted by Gasteiger charge is 2.35. The predicted molar refractivity (Wildman–Crippen MR) is 317 cm³/mol. The summed E-state index contributed by atoms with van der Waals surface area (Å²) in [5.74, 6) is 0.995. The monoisotopic (exact) mass is 1140 g/mol. The van der Waals surface area contributed by atoms with Crippen LogP contribution in [0, 0.1) is 13.8 Å². The standard InChI is InChI=1S/C29H44N6O2.C24H33ClN4O2.C5H12N2.2CO2/c1-8-22-16-23(25-18-27(31-20-30-25)33-14-12-32(7)13-15-33)17-26(21(22)3)35(9-2)24-10-11-34(19-24)28(36)37-29(4,5)6;1-7-17-11-18(20-13-22(25)27-15-26-20)12-21(16(17)3)29(8-2)19-9-10-28(14-19)23(30)31-24(4,5)6;1-7-4-2-6-3-5-7;2*2-1-3/h16-18,20,24H,8-15,19H2,1-7H3;11-13,15,19H,7-10,14H2,1-6H3;6H,2-5H2,1H3;;. The number of amides is 2. The summed E-state index contributed by atoms with van der Waals surface area (Å²) in [6.07, 6.45) is 6.96. The van der Waals surface area contributed by atoms with E-state index < -0.39 is 11.2 Å². The number of benzene rings is 2. The average molecular weight is 1140 g/mol. The number of nitrogens with one attached hydrogen (secondary N) is 1. The molecule has 0 radical (unpaired) electrons. The molecule has 20 nitrogen and oxygen atoms in total. The van der Waals surface area contributed by atoms with Gasteiger partial charge in [0.2, 0.25) is 0 Å². The number of rotatable bonds is 11. The Kier molecular flexibility index (Phi) is 26.6. The SMILES string of the molecule is CCc1cc(-c2cc(Cl)ncn2)cc(N(CC)C2CCN(C(=O)OC(C)(C)C)C2)c1C.CCc1cc(-c2cc(N3CCN(C)CC3)ncn2)cc(N(CC)C2CCN(C(=O)OC(C)(C)C)C2)c1C.CN1CCNCC1.O=C=O.O=C=O. The lowest BCUT2D eigenvalue weighted by Crippen LogP contribution is -2.44. The minimum atomic E-state index is -0.487. The van der Waals surface area contributed by atoms with E-state index in [1.54, 1.807) is 12.4 Å². The molecular weight excluding hydrogens is 1050 g/mol. The van der Waals surface area contributed by atoms with Crippen molar-refractivity contribution in [2.24, 2.45) is 0 Å². The Bertz CT molecular complexity index is 2700. The van der Waals surface area contributed by atoms with Gasteiger partial charge in [0.15, 0.2) is 0 Å². The van der Waals surface area contributed by atoms with Gasteiger partial charge in [-0.05, 0) is 156 Å². The first-order valence-electron chi connectivity index (χ1n) is 28.3. The van der Waals surface area contributed by atoms with Crippen molar-refractivity contribution in [2.45, 2.75) is 132 Å². The molecule has 0 spiro atoms. The van der Waals surface area contributed by atoms with Crippen LogP contribution in [-0.4, -0.2) is 193 Å². The summed E-state index contributed by atoms with van der Waals surface area (Å²) >= 11 is 6.11. The number of nitrogens with zero attached hydrogens (tertiary/aromatic N) is 11. The van der Waals surface area contributed by atoms with E-state index in [-0.39, 0.29) is 36.6 Å². The third kappa shape index (κ3) is 20.4. The summed E-state index contributed by atoms with van der Waals surface area (Å²) in [5.41, 5.74) is 10.5. The Hall–Kier alpha value is -6.53. The fourth-order valence-electron chi connectivity index (χ4n) is 10.4. The molecule has 2 unspecified atom stereocenters. The molecule has 4 aliphatic heterocycles. The second kappa shape index (κ2) is 32.2. The number of carbonyl (C=O) groups is 2. The Morgan fingerprint density at radius 1 is 0.605 bits per heavy atom. The zero-order chi connectivity index (χ0) is 60.0. The number of hydrogen-bond acceptors (Lipinski definition) is 18. The number of carbonyl (C=O) groups excluding carboxylic acids is 6. The second-order valence-corrected chi connectivity index (χ2v) is 23.0. The van der Waals surface area contributed by atoms with E-state index in [1.165, 1.54) is 53.0 Å². The molecule has 2 aromatic carbocycles. The molecule has 4 fully saturated rings. The highest BCUT2D eigenvalue weighted by molar-refractivity contribution is 6.29. The van der Waals surface area contributed by atoms with Crippen LogP contribution in [0.25, 0.3) is 22.5 Å². The molecule has 2 atom stereocenters. The van der Waals surface area contributed by atoms with Crippen LogP contribution < -0.4 is 20.0 Å².